The number of aromatic nitrogens is 5. The second-order valence-corrected chi connectivity index (χ2v) is 11.3. The van der Waals surface area contributed by atoms with E-state index in [1.165, 1.54) is 13.3 Å². The number of pyridine rings is 1. The van der Waals surface area contributed by atoms with Crippen LogP contribution >= 0.6 is 0 Å². The van der Waals surface area contributed by atoms with E-state index in [2.05, 4.69) is 33.8 Å². The fourth-order valence-electron chi connectivity index (χ4n) is 5.84. The Morgan fingerprint density at radius 3 is 2.60 bits per heavy atom. The molecule has 0 bridgehead atoms. The van der Waals surface area contributed by atoms with E-state index in [0.717, 1.165) is 38.5 Å². The first-order valence-corrected chi connectivity index (χ1v) is 14.0. The van der Waals surface area contributed by atoms with Gasteiger partial charge < -0.3 is 15.0 Å². The lowest BCUT2D eigenvalue weighted by molar-refractivity contribution is 0.200. The van der Waals surface area contributed by atoms with Gasteiger partial charge in [0.15, 0.2) is 28.9 Å². The number of hydrogen-bond acceptors (Lipinski definition) is 7. The highest BCUT2D eigenvalue weighted by atomic mass is 19.1. The van der Waals surface area contributed by atoms with Crippen LogP contribution in [-0.2, 0) is 12.2 Å². The van der Waals surface area contributed by atoms with E-state index in [-0.39, 0.29) is 29.0 Å². The molecule has 4 N–H and O–H groups in total. The smallest absolute Gasteiger partial charge is 0.410 e. The zero-order valence-electron chi connectivity index (χ0n) is 23.0. The summed E-state index contributed by atoms with van der Waals surface area (Å²) in [4.78, 5) is 29.3. The predicted molar refractivity (Wildman–Crippen MR) is 151 cm³/mol. The molecule has 0 aliphatic heterocycles. The number of amides is 1. The van der Waals surface area contributed by atoms with E-state index in [1.54, 1.807) is 24.4 Å². The van der Waals surface area contributed by atoms with Gasteiger partial charge in [-0.3, -0.25) is 15.7 Å². The van der Waals surface area contributed by atoms with Gasteiger partial charge in [-0.05, 0) is 82.3 Å². The van der Waals surface area contributed by atoms with Crippen LogP contribution in [0.1, 0.15) is 76.1 Å². The minimum absolute atomic E-state index is 0.0729. The Balaban J connectivity index is 1.66. The summed E-state index contributed by atoms with van der Waals surface area (Å²) in [7, 11) is 0. The van der Waals surface area contributed by atoms with Gasteiger partial charge in [0.2, 0.25) is 5.67 Å². The van der Waals surface area contributed by atoms with Gasteiger partial charge in [-0.1, -0.05) is 18.6 Å². The van der Waals surface area contributed by atoms with Gasteiger partial charge in [-0.25, -0.2) is 24.1 Å². The summed E-state index contributed by atoms with van der Waals surface area (Å²) in [6.45, 7) is 8.02. The van der Waals surface area contributed by atoms with Crippen molar-refractivity contribution < 1.29 is 14.3 Å². The van der Waals surface area contributed by atoms with Gasteiger partial charge in [0.1, 0.15) is 5.52 Å². The molecule has 2 fully saturated rings. The number of imidazole rings is 1. The van der Waals surface area contributed by atoms with Gasteiger partial charge in [0, 0.05) is 18.8 Å². The third kappa shape index (κ3) is 5.55. The average molecular weight is 549 g/mol. The molecule has 5 rings (SSSR count). The van der Waals surface area contributed by atoms with Crippen LogP contribution in [0, 0.1) is 23.2 Å². The number of halogens is 1. The third-order valence-corrected chi connectivity index (χ3v) is 8.51. The number of amidine groups is 1. The molecule has 0 saturated heterocycles. The molecule has 2 aliphatic rings. The van der Waals surface area contributed by atoms with Crippen LogP contribution in [0.2, 0.25) is 0 Å². The summed E-state index contributed by atoms with van der Waals surface area (Å²) in [5.74, 6) is 1.25. The fraction of sp³-hybridized carbons (Fsp3) is 0.517. The summed E-state index contributed by atoms with van der Waals surface area (Å²) < 4.78 is 18.7. The molecule has 3 aromatic rings. The number of hydrogen-bond donors (Lipinski definition) is 4. The van der Waals surface area contributed by atoms with E-state index in [1.807, 2.05) is 16.0 Å². The second-order valence-electron chi connectivity index (χ2n) is 11.3. The van der Waals surface area contributed by atoms with Gasteiger partial charge in [-0.2, -0.15) is 0 Å². The number of fused-ring (bicyclic) bond motifs is 1. The van der Waals surface area contributed by atoms with Gasteiger partial charge in [0.05, 0.1) is 5.69 Å². The summed E-state index contributed by atoms with van der Waals surface area (Å²) in [6.07, 6.45) is 9.60. The molecule has 0 spiro atoms. The van der Waals surface area contributed by atoms with Gasteiger partial charge in [0.25, 0.3) is 0 Å². The molecule has 3 heterocycles. The lowest BCUT2D eigenvalue weighted by Crippen LogP contribution is -2.33. The highest BCUT2D eigenvalue weighted by molar-refractivity contribution is 6.03. The number of alkyl halides is 1. The number of anilines is 1. The van der Waals surface area contributed by atoms with Crippen molar-refractivity contribution in [3.63, 3.8) is 0 Å². The largest absolute Gasteiger partial charge is 0.465 e. The lowest BCUT2D eigenvalue weighted by Gasteiger charge is -2.32. The maximum absolute atomic E-state index is 16.8. The summed E-state index contributed by atoms with van der Waals surface area (Å²) >= 11 is 0. The van der Waals surface area contributed by atoms with Crippen LogP contribution in [0.4, 0.5) is 15.0 Å². The molecule has 2 atom stereocenters. The zero-order valence-corrected chi connectivity index (χ0v) is 23.0. The first-order chi connectivity index (χ1) is 19.2. The Labute approximate surface area is 233 Å². The predicted octanol–water partition coefficient (Wildman–Crippen LogP) is 5.64. The van der Waals surface area contributed by atoms with E-state index < -0.39 is 17.6 Å². The average Bonchev–Trinajstić information content (AvgIpc) is 3.27. The Kier molecular flexibility index (Phi) is 7.82. The van der Waals surface area contributed by atoms with Crippen molar-refractivity contribution in [1.82, 2.24) is 29.8 Å². The zero-order chi connectivity index (χ0) is 28.4. The number of nitrogens with one attached hydrogen (secondary N) is 3. The van der Waals surface area contributed by atoms with E-state index >= 15 is 4.39 Å². The van der Waals surface area contributed by atoms with Crippen LogP contribution in [0.25, 0.3) is 11.2 Å². The van der Waals surface area contributed by atoms with Crippen LogP contribution < -0.4 is 10.6 Å². The molecule has 40 heavy (non-hydrogen) atoms. The summed E-state index contributed by atoms with van der Waals surface area (Å²) in [6, 6.07) is 5.20. The Hall–Kier alpha value is -3.89. The van der Waals surface area contributed by atoms with Crippen LogP contribution in [-0.4, -0.2) is 47.6 Å². The minimum Gasteiger partial charge on any atom is -0.465 e. The quantitative estimate of drug-likeness (QED) is 0.154. The Bertz CT molecular complexity index is 1390. The van der Waals surface area contributed by atoms with Crippen molar-refractivity contribution >= 4 is 28.9 Å². The molecule has 0 radical (unpaired) electrons. The number of nitrogens with zero attached hydrogens (tertiary/aromatic N) is 5. The minimum atomic E-state index is -2.04. The topological polar surface area (TPSA) is 142 Å². The molecular weight excluding hydrogens is 511 g/mol. The highest BCUT2D eigenvalue weighted by Crippen LogP contribution is 2.39. The molecule has 0 aromatic carbocycles. The van der Waals surface area contributed by atoms with Gasteiger partial charge >= 0.3 is 6.09 Å². The summed E-state index contributed by atoms with van der Waals surface area (Å²) in [5.41, 5.74) is -1.05. The molecule has 2 saturated carbocycles. The molecule has 1 unspecified atom stereocenters. The summed E-state index contributed by atoms with van der Waals surface area (Å²) in [5, 5.41) is 22.9. The third-order valence-electron chi connectivity index (χ3n) is 8.51. The molecule has 11 heteroatoms. The first-order valence-electron chi connectivity index (χ1n) is 14.0. The second kappa shape index (κ2) is 11.3. The molecule has 212 valence electrons. The van der Waals surface area contributed by atoms with E-state index in [0.29, 0.717) is 35.6 Å². The van der Waals surface area contributed by atoms with Crippen molar-refractivity contribution in [3.8, 4) is 0 Å². The standard InChI is InChI=1S/C29H37FN8O2/c1-4-18-11-13-19(14-12-18)16-38-22-24(33-17(2)20-8-7-9-20)35-26(23(31)34-28(39)40)36-25(22)37-27(38)29(3,30)21-10-5-6-15-32-21/h4-6,10,15,17-20H,1,7-9,11-14,16H2,2-3H3,(H2,31,34)(H,39,40)(H,33,35,36)/t17-,18?,19?,29?/m1/s1. The normalized spacial score (nSPS) is 21.7. The van der Waals surface area contributed by atoms with Crippen molar-refractivity contribution in [2.45, 2.75) is 77.0 Å². The molecule has 3 aromatic heterocycles. The van der Waals surface area contributed by atoms with E-state index in [9.17, 15) is 9.90 Å². The van der Waals surface area contributed by atoms with Crippen LogP contribution in [0.5, 0.6) is 0 Å². The van der Waals surface area contributed by atoms with Crippen molar-refractivity contribution in [2.24, 2.45) is 17.8 Å². The molecular formula is C29H37FN8O2. The van der Waals surface area contributed by atoms with E-state index in [4.69, 9.17) is 10.4 Å². The number of rotatable bonds is 9. The number of carbonyl (C=O) groups is 1. The van der Waals surface area contributed by atoms with Crippen molar-refractivity contribution in [1.29, 1.82) is 5.41 Å². The maximum Gasteiger partial charge on any atom is 0.410 e. The van der Waals surface area contributed by atoms with Crippen molar-refractivity contribution in [3.05, 3.63) is 54.4 Å². The molecule has 10 nitrogen and oxygen atoms in total. The first kappa shape index (κ1) is 27.7. The highest BCUT2D eigenvalue weighted by Gasteiger charge is 2.38. The maximum atomic E-state index is 16.8. The van der Waals surface area contributed by atoms with Crippen LogP contribution in [0.3, 0.4) is 0 Å². The lowest BCUT2D eigenvalue weighted by atomic mass is 9.80. The number of carboxylic acid groups (broad SMARTS) is 1. The molecule has 2 aliphatic carbocycles. The van der Waals surface area contributed by atoms with Crippen LogP contribution in [0.15, 0.2) is 37.1 Å². The van der Waals surface area contributed by atoms with Gasteiger partial charge in [-0.15, -0.1) is 6.58 Å². The molecule has 1 amide bonds. The van der Waals surface area contributed by atoms with Crippen molar-refractivity contribution in [2.75, 3.05) is 5.32 Å². The Morgan fingerprint density at radius 1 is 1.25 bits per heavy atom. The monoisotopic (exact) mass is 548 g/mol. The SMILES string of the molecule is C=CC1CCC(Cn2c(C(C)(F)c3ccccn3)nc3nc(C(=N)NC(=O)O)nc(N[C@H](C)C4CCC4)c32)CC1. The number of allylic oxidation sites excluding steroid dienone is 1. The Morgan fingerprint density at radius 2 is 2.00 bits per heavy atom. The fourth-order valence-corrected chi connectivity index (χ4v) is 5.84.